The minimum atomic E-state index is -0.753. The molecule has 0 unspecified atom stereocenters. The van der Waals surface area contributed by atoms with Crippen molar-refractivity contribution in [1.82, 2.24) is 25.2 Å². The Morgan fingerprint density at radius 1 is 1.23 bits per heavy atom. The molecule has 2 aromatic rings. The normalized spacial score (nSPS) is 20.3. The highest BCUT2D eigenvalue weighted by Gasteiger charge is 2.45. The summed E-state index contributed by atoms with van der Waals surface area (Å²) in [5, 5.41) is 22.0. The van der Waals surface area contributed by atoms with E-state index in [2.05, 4.69) is 15.6 Å². The number of nitrogens with zero attached hydrogens (tertiary/aromatic N) is 4. The summed E-state index contributed by atoms with van der Waals surface area (Å²) in [4.78, 5) is 27.2. The number of aliphatic hydroxyl groups excluding tert-OH is 1. The van der Waals surface area contributed by atoms with Gasteiger partial charge in [0, 0.05) is 35.6 Å². The number of benzene rings is 1. The second-order valence-electron chi connectivity index (χ2n) is 8.52. The molecule has 2 amide bonds. The number of β-amino-alcohol motifs (C(OH)–C–C–N with tert-alkyl or cyclic N) is 1. The molecule has 10 heteroatoms. The lowest BCUT2D eigenvalue weighted by molar-refractivity contribution is -0.144. The molecule has 1 saturated heterocycles. The van der Waals surface area contributed by atoms with Gasteiger partial charge in [0.15, 0.2) is 0 Å². The maximum atomic E-state index is 13.5. The fraction of sp³-hybridized carbons (Fsp3) is 0.500. The van der Waals surface area contributed by atoms with Crippen molar-refractivity contribution in [2.45, 2.75) is 45.4 Å². The summed E-state index contributed by atoms with van der Waals surface area (Å²) < 4.78 is 1.50. The number of likely N-dealkylation sites (N-methyl/N-ethyl adjacent to an activating group) is 1. The maximum absolute atomic E-state index is 13.5. The van der Waals surface area contributed by atoms with Crippen LogP contribution in [-0.4, -0.2) is 62.6 Å². The van der Waals surface area contributed by atoms with Crippen LogP contribution in [0.1, 0.15) is 33.2 Å². The van der Waals surface area contributed by atoms with E-state index >= 15 is 0 Å². The lowest BCUT2D eigenvalue weighted by Crippen LogP contribution is -2.49. The van der Waals surface area contributed by atoms with E-state index in [0.29, 0.717) is 21.3 Å². The van der Waals surface area contributed by atoms with Crippen LogP contribution in [0.25, 0.3) is 11.3 Å². The topological polar surface area (TPSA) is 100 Å². The Labute approximate surface area is 185 Å². The Balaban J connectivity index is 1.97. The summed E-state index contributed by atoms with van der Waals surface area (Å²) in [7, 11) is 1.51. The molecule has 0 aliphatic carbocycles. The van der Waals surface area contributed by atoms with Crippen LogP contribution in [-0.2, 0) is 9.59 Å². The number of hydrogen-bond acceptors (Lipinski definition) is 5. The number of carbonyl (C=O) groups is 2. The SMILES string of the molecule is CNC(=O)[C@@H]1C[C@@H](O)CN1C(=O)[C@@H](n1cc(-c2cc(Cl)cc(Cl)c2)nn1)C(C)(C)C. The van der Waals surface area contributed by atoms with Gasteiger partial charge in [0.25, 0.3) is 0 Å². The number of rotatable bonds is 4. The Morgan fingerprint density at radius 3 is 2.43 bits per heavy atom. The monoisotopic (exact) mass is 453 g/mol. The van der Waals surface area contributed by atoms with E-state index in [9.17, 15) is 14.7 Å². The molecule has 1 aromatic carbocycles. The van der Waals surface area contributed by atoms with Crippen LogP contribution in [0.15, 0.2) is 24.4 Å². The van der Waals surface area contributed by atoms with Crippen LogP contribution in [0.3, 0.4) is 0 Å². The fourth-order valence-electron chi connectivity index (χ4n) is 3.75. The fourth-order valence-corrected chi connectivity index (χ4v) is 4.27. The molecule has 0 spiro atoms. The Bertz CT molecular complexity index is 936. The lowest BCUT2D eigenvalue weighted by Gasteiger charge is -2.34. The number of hydrogen-bond donors (Lipinski definition) is 2. The van der Waals surface area contributed by atoms with Crippen LogP contribution in [0.2, 0.25) is 10.0 Å². The van der Waals surface area contributed by atoms with Crippen LogP contribution < -0.4 is 5.32 Å². The molecule has 0 bridgehead atoms. The Hall–Kier alpha value is -2.16. The molecule has 1 aromatic heterocycles. The van der Waals surface area contributed by atoms with Crippen molar-refractivity contribution in [2.75, 3.05) is 13.6 Å². The second kappa shape index (κ2) is 8.53. The Morgan fingerprint density at radius 2 is 1.87 bits per heavy atom. The largest absolute Gasteiger partial charge is 0.391 e. The third-order valence-corrected chi connectivity index (χ3v) is 5.53. The van der Waals surface area contributed by atoms with Crippen molar-refractivity contribution < 1.29 is 14.7 Å². The molecular formula is C20H25Cl2N5O3. The van der Waals surface area contributed by atoms with Crippen LogP contribution in [0, 0.1) is 5.41 Å². The summed E-state index contributed by atoms with van der Waals surface area (Å²) in [6, 6.07) is 3.60. The molecule has 2 N–H and O–H groups in total. The first-order valence-electron chi connectivity index (χ1n) is 9.59. The van der Waals surface area contributed by atoms with Gasteiger partial charge in [-0.3, -0.25) is 9.59 Å². The lowest BCUT2D eigenvalue weighted by atomic mass is 9.85. The number of aromatic nitrogens is 3. The van der Waals surface area contributed by atoms with Crippen molar-refractivity contribution in [3.05, 3.63) is 34.4 Å². The van der Waals surface area contributed by atoms with Crippen molar-refractivity contribution in [2.24, 2.45) is 5.41 Å². The average molecular weight is 454 g/mol. The first-order chi connectivity index (χ1) is 14.0. The summed E-state index contributed by atoms with van der Waals surface area (Å²) >= 11 is 12.2. The molecule has 3 atom stereocenters. The van der Waals surface area contributed by atoms with Crippen molar-refractivity contribution >= 4 is 35.0 Å². The quantitative estimate of drug-likeness (QED) is 0.740. The second-order valence-corrected chi connectivity index (χ2v) is 9.39. The van der Waals surface area contributed by atoms with Gasteiger partial charge in [-0.25, -0.2) is 4.68 Å². The van der Waals surface area contributed by atoms with Gasteiger partial charge in [-0.1, -0.05) is 49.2 Å². The molecule has 2 heterocycles. The van der Waals surface area contributed by atoms with Gasteiger partial charge in [-0.15, -0.1) is 5.10 Å². The van der Waals surface area contributed by atoms with E-state index in [0.717, 1.165) is 0 Å². The third kappa shape index (κ3) is 4.61. The molecule has 3 rings (SSSR count). The zero-order valence-electron chi connectivity index (χ0n) is 17.3. The minimum absolute atomic E-state index is 0.0922. The van der Waals surface area contributed by atoms with Gasteiger partial charge >= 0.3 is 0 Å². The smallest absolute Gasteiger partial charge is 0.248 e. The maximum Gasteiger partial charge on any atom is 0.248 e. The molecule has 8 nitrogen and oxygen atoms in total. The molecule has 30 heavy (non-hydrogen) atoms. The number of carbonyl (C=O) groups excluding carboxylic acids is 2. The first kappa shape index (κ1) is 22.5. The van der Waals surface area contributed by atoms with Gasteiger partial charge in [0.05, 0.1) is 12.3 Å². The summed E-state index contributed by atoms with van der Waals surface area (Å²) in [5.74, 6) is -0.603. The predicted molar refractivity (Wildman–Crippen MR) is 114 cm³/mol. The van der Waals surface area contributed by atoms with Gasteiger partial charge in [-0.2, -0.15) is 0 Å². The molecular weight excluding hydrogens is 429 g/mol. The van der Waals surface area contributed by atoms with Crippen LogP contribution in [0.5, 0.6) is 0 Å². The molecule has 1 aliphatic heterocycles. The summed E-state index contributed by atoms with van der Waals surface area (Å²) in [6.07, 6.45) is 1.11. The highest BCUT2D eigenvalue weighted by atomic mass is 35.5. The predicted octanol–water partition coefficient (Wildman–Crippen LogP) is 2.55. The van der Waals surface area contributed by atoms with E-state index < -0.39 is 23.6 Å². The zero-order valence-corrected chi connectivity index (χ0v) is 18.8. The zero-order chi connectivity index (χ0) is 22.2. The average Bonchev–Trinajstić information content (AvgIpc) is 3.26. The number of amides is 2. The number of nitrogens with one attached hydrogen (secondary N) is 1. The molecule has 0 radical (unpaired) electrons. The minimum Gasteiger partial charge on any atom is -0.391 e. The molecule has 162 valence electrons. The third-order valence-electron chi connectivity index (χ3n) is 5.10. The van der Waals surface area contributed by atoms with Gasteiger partial charge in [0.1, 0.15) is 17.8 Å². The van der Waals surface area contributed by atoms with Gasteiger partial charge in [-0.05, 0) is 23.6 Å². The summed E-state index contributed by atoms with van der Waals surface area (Å²) in [6.45, 7) is 5.83. The molecule has 0 saturated carbocycles. The van der Waals surface area contributed by atoms with Crippen LogP contribution >= 0.6 is 23.2 Å². The molecule has 1 aliphatic rings. The van der Waals surface area contributed by atoms with Crippen molar-refractivity contribution in [3.63, 3.8) is 0 Å². The standard InChI is InChI=1S/C20H25Cl2N5O3/c1-20(2,3)17(19(30)26-9-14(28)8-16(26)18(29)23-4)27-10-15(24-25-27)11-5-12(21)7-13(22)6-11/h5-7,10,14,16-17,28H,8-9H2,1-4H3,(H,23,29)/t14-,16+,17-/m1/s1. The number of halogens is 2. The number of aliphatic hydroxyl groups is 1. The van der Waals surface area contributed by atoms with E-state index in [-0.39, 0.29) is 24.8 Å². The van der Waals surface area contributed by atoms with E-state index in [1.165, 1.54) is 16.6 Å². The Kier molecular flexibility index (Phi) is 6.40. The van der Waals surface area contributed by atoms with Gasteiger partial charge in [0.2, 0.25) is 11.8 Å². The van der Waals surface area contributed by atoms with E-state index in [1.54, 1.807) is 24.4 Å². The summed E-state index contributed by atoms with van der Waals surface area (Å²) in [5.41, 5.74) is 0.666. The van der Waals surface area contributed by atoms with E-state index in [4.69, 9.17) is 23.2 Å². The first-order valence-corrected chi connectivity index (χ1v) is 10.3. The van der Waals surface area contributed by atoms with Crippen molar-refractivity contribution in [3.8, 4) is 11.3 Å². The molecule has 1 fully saturated rings. The highest BCUT2D eigenvalue weighted by molar-refractivity contribution is 6.35. The van der Waals surface area contributed by atoms with Gasteiger partial charge < -0.3 is 15.3 Å². The van der Waals surface area contributed by atoms with Crippen LogP contribution in [0.4, 0.5) is 0 Å². The van der Waals surface area contributed by atoms with E-state index in [1.807, 2.05) is 20.8 Å². The number of likely N-dealkylation sites (tertiary alicyclic amines) is 1. The van der Waals surface area contributed by atoms with Crippen molar-refractivity contribution in [1.29, 1.82) is 0 Å². The highest BCUT2D eigenvalue weighted by Crippen LogP contribution is 2.35.